The van der Waals surface area contributed by atoms with Crippen molar-refractivity contribution < 1.29 is 14.6 Å². The second-order valence-electron chi connectivity index (χ2n) is 3.60. The van der Waals surface area contributed by atoms with Crippen LogP contribution in [0.5, 0.6) is 0 Å². The monoisotopic (exact) mass is 211 g/mol. The molecule has 1 aromatic heterocycles. The first kappa shape index (κ1) is 10.1. The van der Waals surface area contributed by atoms with Gasteiger partial charge in [-0.25, -0.2) is 4.79 Å². The van der Waals surface area contributed by atoms with E-state index in [1.165, 1.54) is 6.20 Å². The summed E-state index contributed by atoms with van der Waals surface area (Å²) in [6.07, 6.45) is 4.80. The Morgan fingerprint density at radius 3 is 3.20 bits per heavy atom. The van der Waals surface area contributed by atoms with Crippen molar-refractivity contribution in [2.45, 2.75) is 31.9 Å². The summed E-state index contributed by atoms with van der Waals surface area (Å²) in [5.41, 5.74) is -0.0117. The molecule has 1 aromatic rings. The number of carbonyl (C=O) groups is 1. The van der Waals surface area contributed by atoms with Crippen molar-refractivity contribution in [3.8, 4) is 0 Å². The molecular weight excluding hydrogens is 198 g/mol. The van der Waals surface area contributed by atoms with Crippen LogP contribution in [0.2, 0.25) is 0 Å². The van der Waals surface area contributed by atoms with E-state index >= 15 is 0 Å². The fourth-order valence-corrected chi connectivity index (χ4v) is 1.65. The van der Waals surface area contributed by atoms with Gasteiger partial charge >= 0.3 is 5.97 Å². The van der Waals surface area contributed by atoms with Gasteiger partial charge in [0.25, 0.3) is 0 Å². The molecule has 6 nitrogen and oxygen atoms in total. The lowest BCUT2D eigenvalue weighted by atomic mass is 10.2. The van der Waals surface area contributed by atoms with Crippen molar-refractivity contribution in [2.24, 2.45) is 0 Å². The van der Waals surface area contributed by atoms with E-state index in [1.807, 2.05) is 0 Å². The maximum atomic E-state index is 10.5. The van der Waals surface area contributed by atoms with Crippen LogP contribution >= 0.6 is 0 Å². The smallest absolute Gasteiger partial charge is 0.358 e. The van der Waals surface area contributed by atoms with Gasteiger partial charge < -0.3 is 9.84 Å². The standard InChI is InChI=1S/C9H13N3O3/c13-9(14)8-6-12(11-10-8)4-3-7-2-1-5-15-7/h6-7H,1-5H2,(H,13,14). The molecular formula is C9H13N3O3. The largest absolute Gasteiger partial charge is 0.476 e. The van der Waals surface area contributed by atoms with Gasteiger partial charge in [-0.1, -0.05) is 5.21 Å². The molecule has 1 saturated heterocycles. The number of nitrogens with zero attached hydrogens (tertiary/aromatic N) is 3. The fourth-order valence-electron chi connectivity index (χ4n) is 1.65. The zero-order valence-electron chi connectivity index (χ0n) is 8.30. The average molecular weight is 211 g/mol. The van der Waals surface area contributed by atoms with Gasteiger partial charge in [-0.05, 0) is 19.3 Å². The third-order valence-corrected chi connectivity index (χ3v) is 2.46. The number of aryl methyl sites for hydroxylation is 1. The average Bonchev–Trinajstić information content (AvgIpc) is 2.86. The molecule has 1 aliphatic heterocycles. The van der Waals surface area contributed by atoms with Gasteiger partial charge in [-0.3, -0.25) is 4.68 Å². The Hall–Kier alpha value is -1.43. The summed E-state index contributed by atoms with van der Waals surface area (Å²) in [5, 5.41) is 15.9. The van der Waals surface area contributed by atoms with Gasteiger partial charge in [-0.2, -0.15) is 0 Å². The molecule has 1 atom stereocenters. The summed E-state index contributed by atoms with van der Waals surface area (Å²) in [7, 11) is 0. The zero-order valence-corrected chi connectivity index (χ0v) is 8.30. The summed E-state index contributed by atoms with van der Waals surface area (Å²) >= 11 is 0. The van der Waals surface area contributed by atoms with E-state index in [1.54, 1.807) is 4.68 Å². The molecule has 0 amide bonds. The molecule has 0 aliphatic carbocycles. The molecule has 2 heterocycles. The predicted octanol–water partition coefficient (Wildman–Crippen LogP) is 0.545. The molecule has 6 heteroatoms. The van der Waals surface area contributed by atoms with E-state index in [-0.39, 0.29) is 5.69 Å². The van der Waals surface area contributed by atoms with Crippen LogP contribution in [0.3, 0.4) is 0 Å². The number of carboxylic acids is 1. The molecule has 0 bridgehead atoms. The molecule has 0 saturated carbocycles. The molecule has 1 unspecified atom stereocenters. The van der Waals surface area contributed by atoms with Crippen LogP contribution in [0.4, 0.5) is 0 Å². The van der Waals surface area contributed by atoms with Crippen LogP contribution in [-0.4, -0.2) is 38.8 Å². The number of carboxylic acid groups (broad SMARTS) is 1. The van der Waals surface area contributed by atoms with Crippen molar-refractivity contribution in [1.82, 2.24) is 15.0 Å². The second kappa shape index (κ2) is 4.39. The lowest BCUT2D eigenvalue weighted by Crippen LogP contribution is -2.10. The first-order chi connectivity index (χ1) is 7.25. The van der Waals surface area contributed by atoms with Crippen LogP contribution < -0.4 is 0 Å². The number of aromatic nitrogens is 3. The molecule has 1 fully saturated rings. The topological polar surface area (TPSA) is 77.2 Å². The molecule has 0 aromatic carbocycles. The number of hydrogen-bond acceptors (Lipinski definition) is 4. The number of hydrogen-bond donors (Lipinski definition) is 1. The van der Waals surface area contributed by atoms with Crippen LogP contribution in [-0.2, 0) is 11.3 Å². The Kier molecular flexibility index (Phi) is 2.96. The highest BCUT2D eigenvalue weighted by atomic mass is 16.5. The van der Waals surface area contributed by atoms with Crippen LogP contribution in [0.25, 0.3) is 0 Å². The zero-order chi connectivity index (χ0) is 10.7. The normalized spacial score (nSPS) is 20.7. The van der Waals surface area contributed by atoms with Gasteiger partial charge in [0.2, 0.25) is 0 Å². The molecule has 0 radical (unpaired) electrons. The van der Waals surface area contributed by atoms with Crippen molar-refractivity contribution in [2.75, 3.05) is 6.61 Å². The fraction of sp³-hybridized carbons (Fsp3) is 0.667. The van der Waals surface area contributed by atoms with Gasteiger partial charge in [0.05, 0.1) is 12.3 Å². The Labute approximate surface area is 86.8 Å². The maximum Gasteiger partial charge on any atom is 0.358 e. The van der Waals surface area contributed by atoms with Gasteiger partial charge in [-0.15, -0.1) is 5.10 Å². The first-order valence-electron chi connectivity index (χ1n) is 5.01. The van der Waals surface area contributed by atoms with Crippen molar-refractivity contribution in [3.05, 3.63) is 11.9 Å². The number of aromatic carboxylic acids is 1. The van der Waals surface area contributed by atoms with E-state index < -0.39 is 5.97 Å². The van der Waals surface area contributed by atoms with Crippen molar-refractivity contribution in [3.63, 3.8) is 0 Å². The summed E-state index contributed by atoms with van der Waals surface area (Å²) in [5.74, 6) is -1.04. The molecule has 1 N–H and O–H groups in total. The highest BCUT2D eigenvalue weighted by Crippen LogP contribution is 2.15. The lowest BCUT2D eigenvalue weighted by Gasteiger charge is -2.07. The summed E-state index contributed by atoms with van der Waals surface area (Å²) < 4.78 is 7.00. The minimum Gasteiger partial charge on any atom is -0.476 e. The van der Waals surface area contributed by atoms with Gasteiger partial charge in [0, 0.05) is 13.2 Å². The van der Waals surface area contributed by atoms with Crippen molar-refractivity contribution in [1.29, 1.82) is 0 Å². The molecule has 15 heavy (non-hydrogen) atoms. The Morgan fingerprint density at radius 2 is 2.60 bits per heavy atom. The van der Waals surface area contributed by atoms with Crippen molar-refractivity contribution >= 4 is 5.97 Å². The minimum absolute atomic E-state index is 0.0117. The van der Waals surface area contributed by atoms with E-state index in [9.17, 15) is 4.79 Å². The first-order valence-corrected chi connectivity index (χ1v) is 5.01. The number of rotatable bonds is 4. The number of ether oxygens (including phenoxy) is 1. The van der Waals surface area contributed by atoms with Crippen LogP contribution in [0, 0.1) is 0 Å². The van der Waals surface area contributed by atoms with E-state index in [0.717, 1.165) is 25.9 Å². The summed E-state index contributed by atoms with van der Waals surface area (Å²) in [4.78, 5) is 10.5. The second-order valence-corrected chi connectivity index (χ2v) is 3.60. The van der Waals surface area contributed by atoms with Crippen LogP contribution in [0.15, 0.2) is 6.20 Å². The summed E-state index contributed by atoms with van der Waals surface area (Å²) in [6, 6.07) is 0. The molecule has 82 valence electrons. The SMILES string of the molecule is O=C(O)c1cn(CCC2CCCO2)nn1. The molecule has 2 rings (SSSR count). The minimum atomic E-state index is -1.04. The van der Waals surface area contributed by atoms with Crippen LogP contribution in [0.1, 0.15) is 29.8 Å². The Balaban J connectivity index is 1.84. The molecule has 1 aliphatic rings. The maximum absolute atomic E-state index is 10.5. The van der Waals surface area contributed by atoms with E-state index in [0.29, 0.717) is 12.6 Å². The third kappa shape index (κ3) is 2.53. The lowest BCUT2D eigenvalue weighted by molar-refractivity contribution is 0.0690. The predicted molar refractivity (Wildman–Crippen MR) is 50.6 cm³/mol. The third-order valence-electron chi connectivity index (χ3n) is 2.46. The summed E-state index contributed by atoms with van der Waals surface area (Å²) in [6.45, 7) is 1.49. The Morgan fingerprint density at radius 1 is 1.73 bits per heavy atom. The van der Waals surface area contributed by atoms with E-state index in [2.05, 4.69) is 10.3 Å². The van der Waals surface area contributed by atoms with Gasteiger partial charge in [0.15, 0.2) is 5.69 Å². The van der Waals surface area contributed by atoms with Gasteiger partial charge in [0.1, 0.15) is 0 Å². The Bertz CT molecular complexity index is 344. The highest BCUT2D eigenvalue weighted by molar-refractivity contribution is 5.84. The van der Waals surface area contributed by atoms with E-state index in [4.69, 9.17) is 9.84 Å². The quantitative estimate of drug-likeness (QED) is 0.786. The molecule has 0 spiro atoms. The highest BCUT2D eigenvalue weighted by Gasteiger charge is 2.16.